The average molecular weight is 375 g/mol. The lowest BCUT2D eigenvalue weighted by molar-refractivity contribution is -0.137. The molecule has 0 atom stereocenters. The van der Waals surface area contributed by atoms with Crippen LogP contribution >= 0.6 is 0 Å². The highest BCUT2D eigenvalue weighted by Crippen LogP contribution is 2.32. The third-order valence-corrected chi connectivity index (χ3v) is 3.49. The molecule has 3 rings (SSSR count). The molecule has 0 unspecified atom stereocenters. The van der Waals surface area contributed by atoms with Gasteiger partial charge in [-0.1, -0.05) is 18.2 Å². The molecule has 3 aromatic rings. The van der Waals surface area contributed by atoms with E-state index in [1.54, 1.807) is 12.1 Å². The summed E-state index contributed by atoms with van der Waals surface area (Å²) in [5, 5.41) is 0. The zero-order chi connectivity index (χ0) is 19.4. The molecule has 2 N–H and O–H groups in total. The smallest absolute Gasteiger partial charge is 0.416 e. The van der Waals surface area contributed by atoms with Crippen molar-refractivity contribution in [1.82, 2.24) is 15.8 Å². The van der Waals surface area contributed by atoms with E-state index >= 15 is 0 Å². The number of carbonyl (C=O) groups excluding carboxylic acids is 2. The third kappa shape index (κ3) is 4.32. The van der Waals surface area contributed by atoms with Crippen LogP contribution < -0.4 is 10.9 Å². The van der Waals surface area contributed by atoms with Crippen molar-refractivity contribution in [3.05, 3.63) is 77.8 Å². The summed E-state index contributed by atoms with van der Waals surface area (Å²) in [5.41, 5.74) is 3.75. The lowest BCUT2D eigenvalue weighted by atomic mass is 10.1. The number of rotatable bonds is 3. The number of pyridine rings is 1. The van der Waals surface area contributed by atoms with Crippen LogP contribution in [0.3, 0.4) is 0 Å². The van der Waals surface area contributed by atoms with Gasteiger partial charge in [0.2, 0.25) is 0 Å². The number of furan rings is 1. The molecule has 0 aliphatic rings. The fraction of sp³-hybridized carbons (Fsp3) is 0.0556. The van der Waals surface area contributed by atoms with Crippen molar-refractivity contribution in [2.75, 3.05) is 0 Å². The first kappa shape index (κ1) is 18.2. The first-order valence-electron chi connectivity index (χ1n) is 7.64. The highest BCUT2D eigenvalue weighted by Gasteiger charge is 2.30. The molecule has 0 radical (unpaired) electrons. The summed E-state index contributed by atoms with van der Waals surface area (Å²) in [5.74, 6) is -1.49. The largest absolute Gasteiger partial charge is 0.451 e. The lowest BCUT2D eigenvalue weighted by Crippen LogP contribution is -2.41. The molecule has 2 aromatic heterocycles. The van der Waals surface area contributed by atoms with Gasteiger partial charge >= 0.3 is 12.1 Å². The van der Waals surface area contributed by atoms with Crippen molar-refractivity contribution in [3.8, 4) is 11.3 Å². The fourth-order valence-corrected chi connectivity index (χ4v) is 2.20. The number of carbonyl (C=O) groups is 2. The second-order valence-electron chi connectivity index (χ2n) is 5.37. The van der Waals surface area contributed by atoms with Crippen LogP contribution in [0.2, 0.25) is 0 Å². The Balaban J connectivity index is 1.69. The first-order valence-corrected chi connectivity index (χ1v) is 7.64. The molecule has 27 heavy (non-hydrogen) atoms. The van der Waals surface area contributed by atoms with E-state index in [1.807, 2.05) is 0 Å². The van der Waals surface area contributed by atoms with Gasteiger partial charge in [-0.2, -0.15) is 13.2 Å². The second-order valence-corrected chi connectivity index (χ2v) is 5.37. The van der Waals surface area contributed by atoms with E-state index in [-0.39, 0.29) is 22.8 Å². The maximum absolute atomic E-state index is 12.8. The normalized spacial score (nSPS) is 11.1. The van der Waals surface area contributed by atoms with Crippen LogP contribution in [0.1, 0.15) is 26.6 Å². The minimum absolute atomic E-state index is 0.0855. The van der Waals surface area contributed by atoms with Gasteiger partial charge in [0.1, 0.15) is 11.5 Å². The predicted molar refractivity (Wildman–Crippen MR) is 88.3 cm³/mol. The van der Waals surface area contributed by atoms with Gasteiger partial charge in [0, 0.05) is 11.8 Å². The molecule has 138 valence electrons. The fourth-order valence-electron chi connectivity index (χ4n) is 2.20. The molecule has 0 saturated carbocycles. The Morgan fingerprint density at radius 3 is 2.41 bits per heavy atom. The lowest BCUT2D eigenvalue weighted by Gasteiger charge is -2.07. The number of hydrazine groups is 1. The van der Waals surface area contributed by atoms with Gasteiger partial charge < -0.3 is 4.42 Å². The van der Waals surface area contributed by atoms with Gasteiger partial charge in [0.25, 0.3) is 5.91 Å². The maximum Gasteiger partial charge on any atom is 0.416 e. The van der Waals surface area contributed by atoms with Gasteiger partial charge in [0.05, 0.1) is 5.56 Å². The third-order valence-electron chi connectivity index (χ3n) is 3.49. The van der Waals surface area contributed by atoms with Gasteiger partial charge in [-0.15, -0.1) is 0 Å². The Bertz CT molecular complexity index is 968. The first-order chi connectivity index (χ1) is 12.8. The van der Waals surface area contributed by atoms with E-state index in [0.717, 1.165) is 12.1 Å². The number of aromatic nitrogens is 1. The Labute approximate surface area is 151 Å². The van der Waals surface area contributed by atoms with Crippen LogP contribution in [-0.2, 0) is 6.18 Å². The molecule has 9 heteroatoms. The second kappa shape index (κ2) is 7.32. The van der Waals surface area contributed by atoms with E-state index < -0.39 is 23.6 Å². The summed E-state index contributed by atoms with van der Waals surface area (Å²) in [6, 6.07) is 11.9. The van der Waals surface area contributed by atoms with Crippen LogP contribution in [0.4, 0.5) is 13.2 Å². The van der Waals surface area contributed by atoms with E-state index in [9.17, 15) is 22.8 Å². The van der Waals surface area contributed by atoms with Crippen molar-refractivity contribution < 1.29 is 27.2 Å². The van der Waals surface area contributed by atoms with Gasteiger partial charge in [0.15, 0.2) is 5.76 Å². The summed E-state index contributed by atoms with van der Waals surface area (Å²) in [7, 11) is 0. The molecular formula is C18H12F3N3O3. The predicted octanol–water partition coefficient (Wildman–Crippen LogP) is 3.44. The van der Waals surface area contributed by atoms with Crippen LogP contribution in [0.15, 0.2) is 65.2 Å². The van der Waals surface area contributed by atoms with Crippen LogP contribution in [-0.4, -0.2) is 16.8 Å². The summed E-state index contributed by atoms with van der Waals surface area (Å²) in [4.78, 5) is 27.7. The molecule has 2 amide bonds. The van der Waals surface area contributed by atoms with Crippen molar-refractivity contribution >= 4 is 11.8 Å². The molecule has 1 aromatic carbocycles. The van der Waals surface area contributed by atoms with Crippen molar-refractivity contribution in [3.63, 3.8) is 0 Å². The molecular weight excluding hydrogens is 363 g/mol. The zero-order valence-electron chi connectivity index (χ0n) is 13.6. The minimum Gasteiger partial charge on any atom is -0.451 e. The van der Waals surface area contributed by atoms with E-state index in [0.29, 0.717) is 0 Å². The molecule has 0 aliphatic carbocycles. The van der Waals surface area contributed by atoms with Gasteiger partial charge in [-0.05, 0) is 36.4 Å². The van der Waals surface area contributed by atoms with E-state index in [4.69, 9.17) is 4.42 Å². The SMILES string of the molecule is O=C(NNC(=O)c1ccc(-c2cccc(C(F)(F)F)c2)o1)c1ccccn1. The zero-order valence-corrected chi connectivity index (χ0v) is 13.6. The Hall–Kier alpha value is -3.62. The van der Waals surface area contributed by atoms with Crippen LogP contribution in [0, 0.1) is 0 Å². The van der Waals surface area contributed by atoms with Gasteiger partial charge in [-0.3, -0.25) is 25.4 Å². The number of halogens is 3. The van der Waals surface area contributed by atoms with Crippen molar-refractivity contribution in [1.29, 1.82) is 0 Å². The number of nitrogens with zero attached hydrogens (tertiary/aromatic N) is 1. The number of benzene rings is 1. The number of hydrogen-bond donors (Lipinski definition) is 2. The summed E-state index contributed by atoms with van der Waals surface area (Å²) < 4.78 is 43.7. The Morgan fingerprint density at radius 1 is 0.926 bits per heavy atom. The van der Waals surface area contributed by atoms with Crippen molar-refractivity contribution in [2.24, 2.45) is 0 Å². The van der Waals surface area contributed by atoms with Crippen LogP contribution in [0.25, 0.3) is 11.3 Å². The summed E-state index contributed by atoms with van der Waals surface area (Å²) >= 11 is 0. The molecule has 0 spiro atoms. The molecule has 0 saturated heterocycles. The maximum atomic E-state index is 12.8. The summed E-state index contributed by atoms with van der Waals surface area (Å²) in [6.45, 7) is 0. The van der Waals surface area contributed by atoms with Gasteiger partial charge in [-0.25, -0.2) is 0 Å². The number of nitrogens with one attached hydrogen (secondary N) is 2. The highest BCUT2D eigenvalue weighted by atomic mass is 19.4. The Kier molecular flexibility index (Phi) is 4.93. The van der Waals surface area contributed by atoms with Crippen LogP contribution in [0.5, 0.6) is 0 Å². The van der Waals surface area contributed by atoms with E-state index in [2.05, 4.69) is 15.8 Å². The molecule has 0 fully saturated rings. The quantitative estimate of drug-likeness (QED) is 0.687. The summed E-state index contributed by atoms with van der Waals surface area (Å²) in [6.07, 6.45) is -3.07. The molecule has 6 nitrogen and oxygen atoms in total. The standard InChI is InChI=1S/C18H12F3N3O3/c19-18(20,21)12-5-3-4-11(10-12)14-7-8-15(27-14)17(26)24-23-16(25)13-6-1-2-9-22-13/h1-10H,(H,23,25)(H,24,26). The minimum atomic E-state index is -4.49. The molecule has 2 heterocycles. The average Bonchev–Trinajstić information content (AvgIpc) is 3.16. The molecule has 0 bridgehead atoms. The monoisotopic (exact) mass is 375 g/mol. The topological polar surface area (TPSA) is 84.2 Å². The Morgan fingerprint density at radius 2 is 1.70 bits per heavy atom. The van der Waals surface area contributed by atoms with E-state index in [1.165, 1.54) is 36.5 Å². The number of hydrogen-bond acceptors (Lipinski definition) is 4. The van der Waals surface area contributed by atoms with Crippen molar-refractivity contribution in [2.45, 2.75) is 6.18 Å². The highest BCUT2D eigenvalue weighted by molar-refractivity contribution is 5.97. The number of alkyl halides is 3. The number of amides is 2. The molecule has 0 aliphatic heterocycles.